The molecule has 1 saturated carbocycles. The highest BCUT2D eigenvalue weighted by Gasteiger charge is 2.37. The molecular weight excluding hydrogens is 351 g/mol. The summed E-state index contributed by atoms with van der Waals surface area (Å²) in [5, 5.41) is 9.02. The number of halogens is 4. The van der Waals surface area contributed by atoms with Crippen LogP contribution in [0.25, 0.3) is 0 Å². The van der Waals surface area contributed by atoms with Gasteiger partial charge in [-0.2, -0.15) is 13.2 Å². The van der Waals surface area contributed by atoms with Gasteiger partial charge in [-0.3, -0.25) is 4.79 Å². The van der Waals surface area contributed by atoms with E-state index in [1.807, 2.05) is 0 Å². The topological polar surface area (TPSA) is 40.5 Å². The van der Waals surface area contributed by atoms with Gasteiger partial charge in [-0.05, 0) is 31.0 Å². The lowest BCUT2D eigenvalue weighted by Crippen LogP contribution is -2.38. The number of carboxylic acid groups (broad SMARTS) is 1. The summed E-state index contributed by atoms with van der Waals surface area (Å²) in [6, 6.07) is 3.70. The van der Waals surface area contributed by atoms with Gasteiger partial charge in [0.15, 0.2) is 0 Å². The lowest BCUT2D eigenvalue weighted by molar-refractivity contribution is -0.138. The van der Waals surface area contributed by atoms with Crippen LogP contribution >= 0.6 is 15.9 Å². The molecule has 0 aromatic heterocycles. The number of benzene rings is 1. The zero-order valence-corrected chi connectivity index (χ0v) is 12.7. The Hall–Kier alpha value is -1.24. The molecule has 7 heteroatoms. The molecule has 1 N–H and O–H groups in total. The van der Waals surface area contributed by atoms with Crippen LogP contribution in [0.5, 0.6) is 0 Å². The lowest BCUT2D eigenvalue weighted by atomic mass is 10.1. The van der Waals surface area contributed by atoms with Crippen LogP contribution in [-0.2, 0) is 11.0 Å². The number of carbonyl (C=O) groups is 1. The molecule has 116 valence electrons. The summed E-state index contributed by atoms with van der Waals surface area (Å²) in [7, 11) is 0. The molecule has 0 amide bonds. The first-order valence-electron chi connectivity index (χ1n) is 6.64. The Bertz CT molecular complexity index is 527. The van der Waals surface area contributed by atoms with Crippen LogP contribution < -0.4 is 4.90 Å². The quantitative estimate of drug-likeness (QED) is 0.864. The fraction of sp³-hybridized carbons (Fsp3) is 0.500. The van der Waals surface area contributed by atoms with E-state index >= 15 is 0 Å². The summed E-state index contributed by atoms with van der Waals surface area (Å²) >= 11 is 3.04. The van der Waals surface area contributed by atoms with E-state index in [1.165, 1.54) is 17.0 Å². The molecule has 0 saturated heterocycles. The molecule has 0 unspecified atom stereocenters. The summed E-state index contributed by atoms with van der Waals surface area (Å²) in [5.41, 5.74) is -0.856. The predicted molar refractivity (Wildman–Crippen MR) is 76.4 cm³/mol. The fourth-order valence-electron chi connectivity index (χ4n) is 2.76. The van der Waals surface area contributed by atoms with E-state index in [0.29, 0.717) is 4.47 Å². The third-order valence-corrected chi connectivity index (χ3v) is 4.14. The molecule has 0 spiro atoms. The average Bonchev–Trinajstić information content (AvgIpc) is 2.88. The minimum absolute atomic E-state index is 0.0556. The maximum Gasteiger partial charge on any atom is 0.418 e. The van der Waals surface area contributed by atoms with Crippen molar-refractivity contribution in [2.24, 2.45) is 0 Å². The summed E-state index contributed by atoms with van der Waals surface area (Å²) in [5.74, 6) is -1.13. The van der Waals surface area contributed by atoms with Crippen molar-refractivity contribution in [3.05, 3.63) is 28.2 Å². The normalized spacial score (nSPS) is 16.2. The second kappa shape index (κ2) is 6.25. The number of alkyl halides is 3. The van der Waals surface area contributed by atoms with E-state index in [2.05, 4.69) is 15.9 Å². The summed E-state index contributed by atoms with van der Waals surface area (Å²) < 4.78 is 40.0. The van der Waals surface area contributed by atoms with Crippen LogP contribution in [0, 0.1) is 0 Å². The Morgan fingerprint density at radius 1 is 1.33 bits per heavy atom. The molecule has 1 aromatic carbocycles. The minimum atomic E-state index is -4.52. The molecule has 0 atom stereocenters. The summed E-state index contributed by atoms with van der Waals surface area (Å²) in [6.45, 7) is -0.421. The zero-order valence-electron chi connectivity index (χ0n) is 11.2. The van der Waals surface area contributed by atoms with Crippen LogP contribution in [0.1, 0.15) is 31.2 Å². The molecule has 21 heavy (non-hydrogen) atoms. The number of nitrogens with zero attached hydrogens (tertiary/aromatic N) is 1. The Morgan fingerprint density at radius 2 is 1.95 bits per heavy atom. The minimum Gasteiger partial charge on any atom is -0.480 e. The van der Waals surface area contributed by atoms with Crippen molar-refractivity contribution in [1.29, 1.82) is 0 Å². The summed E-state index contributed by atoms with van der Waals surface area (Å²) in [4.78, 5) is 12.4. The van der Waals surface area contributed by atoms with E-state index < -0.39 is 24.3 Å². The van der Waals surface area contributed by atoms with Gasteiger partial charge < -0.3 is 10.0 Å². The first-order chi connectivity index (χ1) is 9.79. The first kappa shape index (κ1) is 16.1. The van der Waals surface area contributed by atoms with Crippen LogP contribution in [-0.4, -0.2) is 23.7 Å². The highest BCUT2D eigenvalue weighted by Crippen LogP contribution is 2.40. The highest BCUT2D eigenvalue weighted by molar-refractivity contribution is 9.10. The Balaban J connectivity index is 2.45. The molecule has 0 radical (unpaired) electrons. The van der Waals surface area contributed by atoms with Crippen LogP contribution in [0.4, 0.5) is 18.9 Å². The van der Waals surface area contributed by atoms with Gasteiger partial charge in [-0.15, -0.1) is 0 Å². The smallest absolute Gasteiger partial charge is 0.418 e. The van der Waals surface area contributed by atoms with Crippen molar-refractivity contribution in [2.75, 3.05) is 11.4 Å². The van der Waals surface area contributed by atoms with Crippen molar-refractivity contribution in [3.63, 3.8) is 0 Å². The fourth-order valence-corrected chi connectivity index (χ4v) is 3.12. The maximum absolute atomic E-state index is 13.2. The molecule has 3 nitrogen and oxygen atoms in total. The van der Waals surface area contributed by atoms with Crippen molar-refractivity contribution >= 4 is 27.6 Å². The van der Waals surface area contributed by atoms with E-state index in [4.69, 9.17) is 5.11 Å². The first-order valence-corrected chi connectivity index (χ1v) is 7.43. The standard InChI is InChI=1S/C14H15BrF3NO2/c15-9-5-6-12(11(7-9)14(16,17)18)19(8-13(20)21)10-3-1-2-4-10/h5-7,10H,1-4,8H2,(H,20,21). The third-order valence-electron chi connectivity index (χ3n) is 3.64. The van der Waals surface area contributed by atoms with Gasteiger partial charge in [0.1, 0.15) is 6.54 Å². The molecular formula is C14H15BrF3NO2. The second-order valence-electron chi connectivity index (χ2n) is 5.12. The summed E-state index contributed by atoms with van der Waals surface area (Å²) in [6.07, 6.45) is -1.24. The Morgan fingerprint density at radius 3 is 2.48 bits per heavy atom. The van der Waals surface area contributed by atoms with E-state index in [-0.39, 0.29) is 11.7 Å². The molecule has 2 rings (SSSR count). The maximum atomic E-state index is 13.2. The molecule has 1 aromatic rings. The third kappa shape index (κ3) is 3.90. The second-order valence-corrected chi connectivity index (χ2v) is 6.03. The molecule has 0 aliphatic heterocycles. The average molecular weight is 366 g/mol. The highest BCUT2D eigenvalue weighted by atomic mass is 79.9. The SMILES string of the molecule is O=C(O)CN(c1ccc(Br)cc1C(F)(F)F)C1CCCC1. The molecule has 1 aliphatic rings. The number of hydrogen-bond acceptors (Lipinski definition) is 2. The molecule has 0 heterocycles. The molecule has 1 aliphatic carbocycles. The van der Waals surface area contributed by atoms with Crippen LogP contribution in [0.2, 0.25) is 0 Å². The van der Waals surface area contributed by atoms with Crippen molar-refractivity contribution in [1.82, 2.24) is 0 Å². The Kier molecular flexibility index (Phi) is 4.81. The van der Waals surface area contributed by atoms with Gasteiger partial charge in [0.25, 0.3) is 0 Å². The van der Waals surface area contributed by atoms with Gasteiger partial charge in [0.05, 0.1) is 5.56 Å². The van der Waals surface area contributed by atoms with Crippen molar-refractivity contribution in [2.45, 2.75) is 37.9 Å². The number of rotatable bonds is 4. The van der Waals surface area contributed by atoms with Gasteiger partial charge in [0.2, 0.25) is 0 Å². The predicted octanol–water partition coefficient (Wildman–Crippen LogP) is 4.30. The van der Waals surface area contributed by atoms with Crippen molar-refractivity contribution < 1.29 is 23.1 Å². The number of anilines is 1. The Labute approximate surface area is 128 Å². The monoisotopic (exact) mass is 365 g/mol. The number of hydrogen-bond donors (Lipinski definition) is 1. The van der Waals surface area contributed by atoms with Crippen LogP contribution in [0.15, 0.2) is 22.7 Å². The van der Waals surface area contributed by atoms with Gasteiger partial charge in [-0.25, -0.2) is 0 Å². The van der Waals surface area contributed by atoms with E-state index in [0.717, 1.165) is 31.7 Å². The van der Waals surface area contributed by atoms with Gasteiger partial charge >= 0.3 is 12.1 Å². The largest absolute Gasteiger partial charge is 0.480 e. The van der Waals surface area contributed by atoms with E-state index in [1.54, 1.807) is 0 Å². The van der Waals surface area contributed by atoms with Crippen molar-refractivity contribution in [3.8, 4) is 0 Å². The molecule has 1 fully saturated rings. The molecule has 0 bridgehead atoms. The van der Waals surface area contributed by atoms with Gasteiger partial charge in [0, 0.05) is 16.2 Å². The zero-order chi connectivity index (χ0) is 15.6. The van der Waals surface area contributed by atoms with Gasteiger partial charge in [-0.1, -0.05) is 28.8 Å². The number of aliphatic carboxylic acids is 1. The number of carboxylic acids is 1. The lowest BCUT2D eigenvalue weighted by Gasteiger charge is -2.32. The van der Waals surface area contributed by atoms with E-state index in [9.17, 15) is 18.0 Å². The van der Waals surface area contributed by atoms with Crippen LogP contribution in [0.3, 0.4) is 0 Å².